The van der Waals surface area contributed by atoms with Crippen molar-refractivity contribution in [2.24, 2.45) is 0 Å². The highest BCUT2D eigenvalue weighted by molar-refractivity contribution is 9.18. The van der Waals surface area contributed by atoms with Crippen molar-refractivity contribution >= 4 is 32.3 Å². The van der Waals surface area contributed by atoms with Crippen LogP contribution in [0.4, 0.5) is 10.5 Å². The minimum Gasteiger partial charge on any atom is -0.319 e. The second-order valence-electron chi connectivity index (χ2n) is 4.30. The first kappa shape index (κ1) is 13.2. The van der Waals surface area contributed by atoms with Crippen LogP contribution in [-0.4, -0.2) is 24.3 Å². The van der Waals surface area contributed by atoms with Crippen molar-refractivity contribution in [1.29, 1.82) is 0 Å². The molecule has 18 heavy (non-hydrogen) atoms. The van der Waals surface area contributed by atoms with Crippen LogP contribution in [0.25, 0.3) is 0 Å². The van der Waals surface area contributed by atoms with E-state index < -0.39 is 4.82 Å². The number of imide groups is 1. The average molecular weight is 311 g/mol. The van der Waals surface area contributed by atoms with E-state index in [1.807, 2.05) is 19.2 Å². The lowest BCUT2D eigenvalue weighted by Gasteiger charge is -2.26. The predicted molar refractivity (Wildman–Crippen MR) is 74.2 cm³/mol. The summed E-state index contributed by atoms with van der Waals surface area (Å²) in [5.41, 5.74) is 3.00. The number of carbonyl (C=O) groups is 2. The number of likely N-dealkylation sites (N-methyl/N-ethyl adjacent to an activating group) is 1. The number of hydrogen-bond acceptors (Lipinski definition) is 3. The van der Waals surface area contributed by atoms with E-state index in [1.165, 1.54) is 10.5 Å². The molecule has 0 unspecified atom stereocenters. The lowest BCUT2D eigenvalue weighted by atomic mass is 9.98. The number of amides is 2. The van der Waals surface area contributed by atoms with Gasteiger partial charge in [0.2, 0.25) is 5.91 Å². The molecule has 0 saturated carbocycles. The normalized spacial score (nSPS) is 14.6. The van der Waals surface area contributed by atoms with Gasteiger partial charge in [-0.3, -0.25) is 9.59 Å². The lowest BCUT2D eigenvalue weighted by Crippen LogP contribution is -2.36. The van der Waals surface area contributed by atoms with Gasteiger partial charge in [0.25, 0.3) is 0 Å². The Morgan fingerprint density at radius 2 is 2.22 bits per heavy atom. The first-order chi connectivity index (χ1) is 8.63. The second kappa shape index (κ2) is 5.63. The molecule has 1 N–H and O–H groups in total. The van der Waals surface area contributed by atoms with E-state index >= 15 is 0 Å². The predicted octanol–water partition coefficient (Wildman–Crippen LogP) is 2.24. The molecular weight excluding hydrogens is 296 g/mol. The molecule has 1 aromatic carbocycles. The maximum Gasteiger partial charge on any atom is 0.300 e. The zero-order chi connectivity index (χ0) is 13.1. The summed E-state index contributed by atoms with van der Waals surface area (Å²) in [5.74, 6) is -0.146. The molecule has 96 valence electrons. The number of benzene rings is 1. The van der Waals surface area contributed by atoms with Crippen LogP contribution < -0.4 is 10.2 Å². The number of carbonyl (C=O) groups excluding carboxylic acids is 2. The van der Waals surface area contributed by atoms with Gasteiger partial charge in [-0.1, -0.05) is 12.1 Å². The van der Waals surface area contributed by atoms with Gasteiger partial charge in [-0.25, -0.2) is 4.90 Å². The highest BCUT2D eigenvalue weighted by atomic mass is 79.9. The monoisotopic (exact) mass is 310 g/mol. The van der Waals surface area contributed by atoms with Crippen LogP contribution in [0.3, 0.4) is 0 Å². The number of anilines is 1. The van der Waals surface area contributed by atoms with Crippen molar-refractivity contribution in [1.82, 2.24) is 5.32 Å². The van der Waals surface area contributed by atoms with Crippen molar-refractivity contribution in [2.45, 2.75) is 19.3 Å². The molecule has 5 heteroatoms. The summed E-state index contributed by atoms with van der Waals surface area (Å²) in [5, 5.41) is 3.10. The van der Waals surface area contributed by atoms with Gasteiger partial charge in [0, 0.05) is 22.4 Å². The Balaban J connectivity index is 2.31. The fourth-order valence-corrected chi connectivity index (χ4v) is 2.55. The number of halogens is 1. The zero-order valence-corrected chi connectivity index (χ0v) is 11.8. The van der Waals surface area contributed by atoms with Crippen molar-refractivity contribution < 1.29 is 9.59 Å². The third kappa shape index (κ3) is 2.62. The van der Waals surface area contributed by atoms with Gasteiger partial charge >= 0.3 is 4.82 Å². The van der Waals surface area contributed by atoms with E-state index in [0.717, 1.165) is 18.5 Å². The summed E-state index contributed by atoms with van der Waals surface area (Å²) in [6.07, 6.45) is 2.04. The van der Waals surface area contributed by atoms with Crippen LogP contribution in [-0.2, 0) is 17.6 Å². The van der Waals surface area contributed by atoms with Crippen LogP contribution in [0.1, 0.15) is 17.5 Å². The van der Waals surface area contributed by atoms with E-state index in [-0.39, 0.29) is 5.91 Å². The third-order valence-corrected chi connectivity index (χ3v) is 3.44. The smallest absolute Gasteiger partial charge is 0.300 e. The molecule has 0 saturated heterocycles. The molecule has 1 aliphatic heterocycles. The van der Waals surface area contributed by atoms with Crippen molar-refractivity contribution in [2.75, 3.05) is 18.5 Å². The summed E-state index contributed by atoms with van der Waals surface area (Å²) < 4.78 is 0. The lowest BCUT2D eigenvalue weighted by molar-refractivity contribution is -0.118. The standard InChI is InChI=1S/C13H15BrN2O2/c1-15-7-6-9-2-4-11-10(8-9)3-5-12(17)16(11)13(14)18/h2,4,8,15H,3,5-7H2,1H3. The van der Waals surface area contributed by atoms with Crippen molar-refractivity contribution in [3.8, 4) is 0 Å². The quantitative estimate of drug-likeness (QED) is 0.688. The van der Waals surface area contributed by atoms with E-state index in [0.29, 0.717) is 18.5 Å². The van der Waals surface area contributed by atoms with Crippen molar-refractivity contribution in [3.63, 3.8) is 0 Å². The summed E-state index contributed by atoms with van der Waals surface area (Å²) in [6.45, 7) is 0.915. The molecule has 0 aromatic heterocycles. The van der Waals surface area contributed by atoms with Gasteiger partial charge in [-0.2, -0.15) is 0 Å². The average Bonchev–Trinajstić information content (AvgIpc) is 2.35. The van der Waals surface area contributed by atoms with E-state index in [9.17, 15) is 9.59 Å². The summed E-state index contributed by atoms with van der Waals surface area (Å²) in [6, 6.07) is 5.91. The molecule has 1 aliphatic rings. The number of fused-ring (bicyclic) bond motifs is 1. The molecule has 1 aromatic rings. The van der Waals surface area contributed by atoms with E-state index in [1.54, 1.807) is 0 Å². The number of aryl methyl sites for hydroxylation is 1. The fourth-order valence-electron chi connectivity index (χ4n) is 2.16. The van der Waals surface area contributed by atoms with Gasteiger partial charge < -0.3 is 5.32 Å². The van der Waals surface area contributed by atoms with Gasteiger partial charge in [0.05, 0.1) is 5.69 Å². The highest BCUT2D eigenvalue weighted by Crippen LogP contribution is 2.30. The molecule has 2 rings (SSSR count). The molecule has 0 aliphatic carbocycles. The molecule has 0 radical (unpaired) electrons. The Morgan fingerprint density at radius 1 is 1.44 bits per heavy atom. The SMILES string of the molecule is CNCCc1ccc2c(c1)CCC(=O)N2C(=O)Br. The Kier molecular flexibility index (Phi) is 4.14. The highest BCUT2D eigenvalue weighted by Gasteiger charge is 2.28. The van der Waals surface area contributed by atoms with Crippen LogP contribution in [0.5, 0.6) is 0 Å². The van der Waals surface area contributed by atoms with Crippen LogP contribution in [0.2, 0.25) is 0 Å². The Labute approximate surface area is 114 Å². The van der Waals surface area contributed by atoms with E-state index in [4.69, 9.17) is 0 Å². The van der Waals surface area contributed by atoms with Gasteiger partial charge in [0.15, 0.2) is 0 Å². The van der Waals surface area contributed by atoms with Crippen molar-refractivity contribution in [3.05, 3.63) is 29.3 Å². The molecule has 0 spiro atoms. The Hall–Kier alpha value is -1.20. The molecule has 0 fully saturated rings. The first-order valence-corrected chi connectivity index (χ1v) is 6.71. The second-order valence-corrected chi connectivity index (χ2v) is 4.98. The molecule has 0 atom stereocenters. The fraction of sp³-hybridized carbons (Fsp3) is 0.385. The largest absolute Gasteiger partial charge is 0.319 e. The molecule has 1 heterocycles. The summed E-state index contributed by atoms with van der Waals surface area (Å²) in [7, 11) is 1.92. The van der Waals surface area contributed by atoms with Gasteiger partial charge in [0.1, 0.15) is 0 Å². The van der Waals surface area contributed by atoms with Gasteiger partial charge in [-0.05, 0) is 43.6 Å². The topological polar surface area (TPSA) is 49.4 Å². The van der Waals surface area contributed by atoms with E-state index in [2.05, 4.69) is 27.3 Å². The summed E-state index contributed by atoms with van der Waals surface area (Å²) >= 11 is 2.86. The van der Waals surface area contributed by atoms with Gasteiger partial charge in [-0.15, -0.1) is 0 Å². The Morgan fingerprint density at radius 3 is 2.89 bits per heavy atom. The van der Waals surface area contributed by atoms with Crippen LogP contribution >= 0.6 is 15.9 Å². The zero-order valence-electron chi connectivity index (χ0n) is 10.2. The maximum atomic E-state index is 11.7. The van der Waals surface area contributed by atoms with Crippen LogP contribution in [0.15, 0.2) is 18.2 Å². The molecule has 2 amide bonds. The first-order valence-electron chi connectivity index (χ1n) is 5.92. The van der Waals surface area contributed by atoms with Crippen LogP contribution in [0, 0.1) is 0 Å². The minimum absolute atomic E-state index is 0.146. The number of nitrogens with zero attached hydrogens (tertiary/aromatic N) is 1. The molecular formula is C13H15BrN2O2. The molecule has 4 nitrogen and oxygen atoms in total. The maximum absolute atomic E-state index is 11.7. The third-order valence-electron chi connectivity index (χ3n) is 3.08. The Bertz CT molecular complexity index is 488. The number of nitrogens with one attached hydrogen (secondary N) is 1. The molecule has 0 bridgehead atoms. The summed E-state index contributed by atoms with van der Waals surface area (Å²) in [4.78, 5) is 24.0. The number of rotatable bonds is 3. The number of hydrogen-bond donors (Lipinski definition) is 1. The minimum atomic E-state index is -0.392.